The molecule has 0 atom stereocenters. The lowest BCUT2D eigenvalue weighted by Gasteiger charge is -2.37. The largest absolute Gasteiger partial charge is 0.418 e. The summed E-state index contributed by atoms with van der Waals surface area (Å²) in [5, 5.41) is 10.8. The average molecular weight is 431 g/mol. The van der Waals surface area contributed by atoms with Crippen LogP contribution >= 0.6 is 15.9 Å². The molecule has 0 aliphatic carbocycles. The Balaban J connectivity index is 1.80. The molecule has 138 valence electrons. The second-order valence-electron chi connectivity index (χ2n) is 5.77. The Morgan fingerprint density at radius 2 is 1.73 bits per heavy atom. The molecule has 0 spiro atoms. The van der Waals surface area contributed by atoms with Crippen molar-refractivity contribution in [2.24, 2.45) is 0 Å². The minimum absolute atomic E-state index is 0.0356. The van der Waals surface area contributed by atoms with Gasteiger partial charge in [-0.2, -0.15) is 13.2 Å². The summed E-state index contributed by atoms with van der Waals surface area (Å²) >= 11 is 3.31. The zero-order chi connectivity index (χ0) is 18.9. The molecule has 1 aliphatic heterocycles. The molecule has 1 aromatic heterocycles. The van der Waals surface area contributed by atoms with Gasteiger partial charge in [0, 0.05) is 54.7 Å². The highest BCUT2D eigenvalue weighted by Crippen LogP contribution is 2.39. The quantitative estimate of drug-likeness (QED) is 0.541. The summed E-state index contributed by atoms with van der Waals surface area (Å²) in [5.74, 6) is 0.757. The molecule has 1 aromatic carbocycles. The number of rotatable bonds is 3. The zero-order valence-corrected chi connectivity index (χ0v) is 15.0. The van der Waals surface area contributed by atoms with E-state index < -0.39 is 22.4 Å². The van der Waals surface area contributed by atoms with Crippen molar-refractivity contribution < 1.29 is 18.1 Å². The summed E-state index contributed by atoms with van der Waals surface area (Å²) in [4.78, 5) is 17.9. The van der Waals surface area contributed by atoms with Crippen LogP contribution in [0.25, 0.3) is 0 Å². The van der Waals surface area contributed by atoms with E-state index in [2.05, 4.69) is 20.9 Å². The Hall–Kier alpha value is -2.36. The third-order valence-electron chi connectivity index (χ3n) is 4.15. The molecular weight excluding hydrogens is 417 g/mol. The molecule has 0 saturated carbocycles. The smallest absolute Gasteiger partial charge is 0.367 e. The predicted octanol–water partition coefficient (Wildman–Crippen LogP) is 4.10. The van der Waals surface area contributed by atoms with Crippen molar-refractivity contribution in [3.05, 3.63) is 56.7 Å². The molecule has 0 N–H and O–H groups in total. The minimum atomic E-state index is -4.66. The van der Waals surface area contributed by atoms with Crippen LogP contribution in [-0.4, -0.2) is 36.1 Å². The maximum Gasteiger partial charge on any atom is 0.418 e. The number of aromatic nitrogens is 1. The van der Waals surface area contributed by atoms with Crippen LogP contribution in [0, 0.1) is 10.1 Å². The lowest BCUT2D eigenvalue weighted by Crippen LogP contribution is -2.47. The molecule has 0 radical (unpaired) electrons. The number of nitrogens with zero attached hydrogens (tertiary/aromatic N) is 4. The van der Waals surface area contributed by atoms with Gasteiger partial charge in [-0.25, -0.2) is 4.98 Å². The number of nitro benzene ring substituents is 1. The summed E-state index contributed by atoms with van der Waals surface area (Å²) in [6.07, 6.45) is -2.99. The fraction of sp³-hybridized carbons (Fsp3) is 0.312. The molecular formula is C16H14BrF3N4O2. The monoisotopic (exact) mass is 430 g/mol. The summed E-state index contributed by atoms with van der Waals surface area (Å²) in [7, 11) is 0. The molecule has 6 nitrogen and oxygen atoms in total. The van der Waals surface area contributed by atoms with Gasteiger partial charge in [0.15, 0.2) is 0 Å². The van der Waals surface area contributed by atoms with E-state index in [1.165, 1.54) is 6.07 Å². The van der Waals surface area contributed by atoms with E-state index in [4.69, 9.17) is 0 Å². The van der Waals surface area contributed by atoms with Crippen LogP contribution in [0.1, 0.15) is 5.56 Å². The number of alkyl halides is 3. The van der Waals surface area contributed by atoms with E-state index >= 15 is 0 Å². The zero-order valence-electron chi connectivity index (χ0n) is 13.4. The summed E-state index contributed by atoms with van der Waals surface area (Å²) < 4.78 is 40.9. The first-order valence-corrected chi connectivity index (χ1v) is 8.52. The number of hydrogen-bond donors (Lipinski definition) is 0. The number of hydrogen-bond acceptors (Lipinski definition) is 5. The van der Waals surface area contributed by atoms with E-state index in [0.717, 1.165) is 16.4 Å². The van der Waals surface area contributed by atoms with Gasteiger partial charge in [-0.15, -0.1) is 0 Å². The van der Waals surface area contributed by atoms with Crippen molar-refractivity contribution in [2.45, 2.75) is 6.18 Å². The molecule has 2 heterocycles. The van der Waals surface area contributed by atoms with Crippen molar-refractivity contribution in [1.82, 2.24) is 4.98 Å². The van der Waals surface area contributed by atoms with E-state index in [1.807, 2.05) is 17.0 Å². The van der Waals surface area contributed by atoms with Gasteiger partial charge in [0.2, 0.25) is 0 Å². The van der Waals surface area contributed by atoms with Crippen molar-refractivity contribution in [3.8, 4) is 0 Å². The molecule has 1 fully saturated rings. The Bertz CT molecular complexity index is 806. The topological polar surface area (TPSA) is 62.5 Å². The van der Waals surface area contributed by atoms with Gasteiger partial charge in [0.1, 0.15) is 5.82 Å². The normalized spacial score (nSPS) is 15.2. The number of piperazine rings is 1. The fourth-order valence-corrected chi connectivity index (χ4v) is 3.11. The van der Waals surface area contributed by atoms with Crippen LogP contribution in [0.4, 0.5) is 30.4 Å². The lowest BCUT2D eigenvalue weighted by molar-refractivity contribution is -0.385. The Morgan fingerprint density at radius 3 is 2.27 bits per heavy atom. The van der Waals surface area contributed by atoms with Gasteiger partial charge in [-0.3, -0.25) is 10.1 Å². The first-order chi connectivity index (χ1) is 12.3. The van der Waals surface area contributed by atoms with Crippen LogP contribution in [0.3, 0.4) is 0 Å². The van der Waals surface area contributed by atoms with Crippen molar-refractivity contribution >= 4 is 33.1 Å². The standard InChI is InChI=1S/C16H14BrF3N4O2/c17-11-1-4-15(21-10-11)23-7-5-22(6-8-23)14-3-2-12(24(25)26)9-13(14)16(18,19)20/h1-4,9-10H,5-8H2. The van der Waals surface area contributed by atoms with Crippen LogP contribution in [0.5, 0.6) is 0 Å². The number of non-ortho nitro benzene ring substituents is 1. The van der Waals surface area contributed by atoms with Gasteiger partial charge in [-0.05, 0) is 34.1 Å². The Morgan fingerprint density at radius 1 is 1.08 bits per heavy atom. The highest BCUT2D eigenvalue weighted by molar-refractivity contribution is 9.10. The highest BCUT2D eigenvalue weighted by Gasteiger charge is 2.37. The minimum Gasteiger partial charge on any atom is -0.367 e. The second-order valence-corrected chi connectivity index (χ2v) is 6.68. The second kappa shape index (κ2) is 7.10. The number of anilines is 2. The van der Waals surface area contributed by atoms with Gasteiger partial charge in [0.25, 0.3) is 5.69 Å². The van der Waals surface area contributed by atoms with Crippen LogP contribution in [0.2, 0.25) is 0 Å². The summed E-state index contributed by atoms with van der Waals surface area (Å²) in [6, 6.07) is 6.57. The van der Waals surface area contributed by atoms with E-state index in [1.54, 1.807) is 11.1 Å². The van der Waals surface area contributed by atoms with Crippen molar-refractivity contribution in [1.29, 1.82) is 0 Å². The average Bonchev–Trinajstić information content (AvgIpc) is 2.61. The molecule has 10 heteroatoms. The number of pyridine rings is 1. The predicted molar refractivity (Wildman–Crippen MR) is 94.5 cm³/mol. The molecule has 0 amide bonds. The van der Waals surface area contributed by atoms with Gasteiger partial charge >= 0.3 is 6.18 Å². The highest BCUT2D eigenvalue weighted by atomic mass is 79.9. The maximum absolute atomic E-state index is 13.4. The first kappa shape index (κ1) is 18.4. The van der Waals surface area contributed by atoms with E-state index in [0.29, 0.717) is 32.2 Å². The SMILES string of the molecule is O=[N+]([O-])c1ccc(N2CCN(c3ccc(Br)cn3)CC2)c(C(F)(F)F)c1. The van der Waals surface area contributed by atoms with Crippen molar-refractivity contribution in [2.75, 3.05) is 36.0 Å². The Kier molecular flexibility index (Phi) is 5.03. The van der Waals surface area contributed by atoms with Gasteiger partial charge in [-0.1, -0.05) is 0 Å². The molecule has 26 heavy (non-hydrogen) atoms. The molecule has 1 aliphatic rings. The summed E-state index contributed by atoms with van der Waals surface area (Å²) in [6.45, 7) is 1.73. The maximum atomic E-state index is 13.4. The van der Waals surface area contributed by atoms with Gasteiger partial charge in [0.05, 0.1) is 10.5 Å². The molecule has 1 saturated heterocycles. The van der Waals surface area contributed by atoms with E-state index in [9.17, 15) is 23.3 Å². The Labute approximate surface area is 155 Å². The molecule has 2 aromatic rings. The van der Waals surface area contributed by atoms with Crippen molar-refractivity contribution in [3.63, 3.8) is 0 Å². The van der Waals surface area contributed by atoms with E-state index in [-0.39, 0.29) is 5.69 Å². The molecule has 0 unspecified atom stereocenters. The molecule has 0 bridgehead atoms. The van der Waals surface area contributed by atoms with Crippen LogP contribution in [0.15, 0.2) is 41.0 Å². The summed E-state index contributed by atoms with van der Waals surface area (Å²) in [5.41, 5.74) is -1.59. The lowest BCUT2D eigenvalue weighted by atomic mass is 10.1. The third kappa shape index (κ3) is 3.90. The fourth-order valence-electron chi connectivity index (χ4n) is 2.87. The number of nitro groups is 1. The number of halogens is 4. The van der Waals surface area contributed by atoms with Gasteiger partial charge < -0.3 is 9.80 Å². The van der Waals surface area contributed by atoms with Crippen LogP contribution in [-0.2, 0) is 6.18 Å². The third-order valence-corrected chi connectivity index (χ3v) is 4.62. The number of benzene rings is 1. The first-order valence-electron chi connectivity index (χ1n) is 7.73. The molecule has 3 rings (SSSR count). The van der Waals surface area contributed by atoms with Crippen LogP contribution < -0.4 is 9.80 Å².